The van der Waals surface area contributed by atoms with Crippen LogP contribution < -0.4 is 4.72 Å². The Kier molecular flexibility index (Phi) is 7.43. The zero-order chi connectivity index (χ0) is 23.5. The van der Waals surface area contributed by atoms with Gasteiger partial charge in [-0.05, 0) is 42.2 Å². The number of rotatable bonds is 9. The van der Waals surface area contributed by atoms with Crippen molar-refractivity contribution in [1.29, 1.82) is 0 Å². The van der Waals surface area contributed by atoms with E-state index in [0.717, 1.165) is 21.4 Å². The molecule has 0 aliphatic rings. The molecule has 0 aliphatic carbocycles. The van der Waals surface area contributed by atoms with Gasteiger partial charge in [0.15, 0.2) is 0 Å². The number of nitrogens with zero attached hydrogens (tertiary/aromatic N) is 1. The summed E-state index contributed by atoms with van der Waals surface area (Å²) in [6.45, 7) is -0.0541. The van der Waals surface area contributed by atoms with E-state index >= 15 is 0 Å². The summed E-state index contributed by atoms with van der Waals surface area (Å²) in [5.74, 6) is -2.68. The van der Waals surface area contributed by atoms with Crippen molar-refractivity contribution in [3.05, 3.63) is 58.3 Å². The van der Waals surface area contributed by atoms with Gasteiger partial charge in [-0.25, -0.2) is 13.1 Å². The third kappa shape index (κ3) is 6.18. The average molecular weight is 553 g/mol. The van der Waals surface area contributed by atoms with Gasteiger partial charge in [-0.2, -0.15) is 13.2 Å². The number of benzene rings is 1. The Hall–Kier alpha value is -2.22. The maximum atomic E-state index is 12.7. The van der Waals surface area contributed by atoms with Crippen LogP contribution in [0.5, 0.6) is 0 Å². The number of alkyl halides is 3. The van der Waals surface area contributed by atoms with Crippen LogP contribution in [0.15, 0.2) is 55.7 Å². The van der Waals surface area contributed by atoms with Crippen LogP contribution in [-0.2, 0) is 21.0 Å². The number of aromatic nitrogens is 1. The molecule has 2 aromatic heterocycles. The van der Waals surface area contributed by atoms with Crippen molar-refractivity contribution < 1.29 is 36.0 Å². The van der Waals surface area contributed by atoms with Crippen LogP contribution in [0, 0.1) is 0 Å². The van der Waals surface area contributed by atoms with Crippen molar-refractivity contribution >= 4 is 43.3 Å². The fraction of sp³-hybridized carbons (Fsp3) is 0.263. The molecule has 2 heterocycles. The van der Waals surface area contributed by atoms with E-state index in [-0.39, 0.29) is 34.2 Å². The number of carboxylic acids is 1. The van der Waals surface area contributed by atoms with Gasteiger partial charge in [0.25, 0.3) is 0 Å². The van der Waals surface area contributed by atoms with Gasteiger partial charge < -0.3 is 9.63 Å². The molecule has 172 valence electrons. The van der Waals surface area contributed by atoms with Crippen LogP contribution in [0.1, 0.15) is 30.1 Å². The van der Waals surface area contributed by atoms with Crippen LogP contribution in [0.2, 0.25) is 0 Å². The van der Waals surface area contributed by atoms with Crippen molar-refractivity contribution in [1.82, 2.24) is 9.88 Å². The SMILES string of the molecule is O=C(O)CC[C@@H](CNS(=O)(=O)c1ccc(-c2cc(C(F)(F)F)on2)s1)c1cccc(Br)c1. The molecule has 7 nitrogen and oxygen atoms in total. The molecule has 2 N–H and O–H groups in total. The molecule has 0 aliphatic heterocycles. The maximum absolute atomic E-state index is 12.7. The fourth-order valence-electron chi connectivity index (χ4n) is 2.85. The number of carbonyl (C=O) groups is 1. The van der Waals surface area contributed by atoms with E-state index in [4.69, 9.17) is 5.11 Å². The number of hydrogen-bond donors (Lipinski definition) is 2. The summed E-state index contributed by atoms with van der Waals surface area (Å²) in [5, 5.41) is 12.4. The average Bonchev–Trinajstić information content (AvgIpc) is 3.37. The Bertz CT molecular complexity index is 1210. The first-order valence-electron chi connectivity index (χ1n) is 9.07. The summed E-state index contributed by atoms with van der Waals surface area (Å²) in [6, 6.07) is 10.4. The number of carboxylic acid groups (broad SMARTS) is 1. The predicted octanol–water partition coefficient (Wildman–Crippen LogP) is 5.11. The van der Waals surface area contributed by atoms with Gasteiger partial charge in [0.1, 0.15) is 9.90 Å². The summed E-state index contributed by atoms with van der Waals surface area (Å²) in [6.07, 6.45) is -4.63. The monoisotopic (exact) mass is 552 g/mol. The first-order chi connectivity index (χ1) is 15.0. The molecule has 1 atom stereocenters. The fourth-order valence-corrected chi connectivity index (χ4v) is 5.66. The Labute approximate surface area is 193 Å². The third-order valence-electron chi connectivity index (χ3n) is 4.43. The summed E-state index contributed by atoms with van der Waals surface area (Å²) in [5.41, 5.74) is 0.634. The highest BCUT2D eigenvalue weighted by Gasteiger charge is 2.36. The van der Waals surface area contributed by atoms with Gasteiger partial charge in [0.2, 0.25) is 15.8 Å². The van der Waals surface area contributed by atoms with E-state index < -0.39 is 33.8 Å². The lowest BCUT2D eigenvalue weighted by Gasteiger charge is -2.17. The van der Waals surface area contributed by atoms with Crippen molar-refractivity contribution in [2.75, 3.05) is 6.54 Å². The second-order valence-corrected chi connectivity index (χ2v) is 10.7. The minimum atomic E-state index is -4.70. The van der Waals surface area contributed by atoms with E-state index in [0.29, 0.717) is 6.07 Å². The molecule has 0 bridgehead atoms. The van der Waals surface area contributed by atoms with E-state index in [1.807, 2.05) is 0 Å². The van der Waals surface area contributed by atoms with Crippen molar-refractivity contribution in [2.24, 2.45) is 0 Å². The van der Waals surface area contributed by atoms with Gasteiger partial charge in [-0.1, -0.05) is 33.2 Å². The highest BCUT2D eigenvalue weighted by molar-refractivity contribution is 9.10. The first-order valence-corrected chi connectivity index (χ1v) is 12.2. The van der Waals surface area contributed by atoms with Crippen LogP contribution >= 0.6 is 27.3 Å². The molecule has 0 fully saturated rings. The molecule has 0 unspecified atom stereocenters. The zero-order valence-electron chi connectivity index (χ0n) is 16.1. The number of nitrogens with one attached hydrogen (secondary N) is 1. The van der Waals surface area contributed by atoms with Gasteiger partial charge in [0.05, 0.1) is 4.88 Å². The number of aliphatic carboxylic acids is 1. The first kappa shape index (κ1) is 24.4. The van der Waals surface area contributed by atoms with Crippen molar-refractivity contribution in [3.63, 3.8) is 0 Å². The lowest BCUT2D eigenvalue weighted by molar-refractivity contribution is -0.155. The topological polar surface area (TPSA) is 110 Å². The highest BCUT2D eigenvalue weighted by atomic mass is 79.9. The summed E-state index contributed by atoms with van der Waals surface area (Å²) >= 11 is 4.08. The smallest absolute Gasteiger partial charge is 0.452 e. The second kappa shape index (κ2) is 9.73. The standard InChI is InChI=1S/C19H16BrF3N2O5S2/c20-13-3-1-2-11(8-13)12(4-6-17(26)27)10-24-32(28,29)18-7-5-15(31-18)14-9-16(30-25-14)19(21,22)23/h1-3,5,7-9,12,24H,4,6,10H2,(H,26,27)/t12-/m0/s1. The second-order valence-electron chi connectivity index (χ2n) is 6.73. The van der Waals surface area contributed by atoms with Crippen LogP contribution in [-0.4, -0.2) is 31.2 Å². The number of hydrogen-bond acceptors (Lipinski definition) is 6. The van der Waals surface area contributed by atoms with Gasteiger partial charge in [-0.3, -0.25) is 4.79 Å². The molecule has 32 heavy (non-hydrogen) atoms. The Morgan fingerprint density at radius 3 is 2.62 bits per heavy atom. The molecular weight excluding hydrogens is 537 g/mol. The molecule has 0 spiro atoms. The van der Waals surface area contributed by atoms with Crippen LogP contribution in [0.3, 0.4) is 0 Å². The molecule has 3 aromatic rings. The number of thiophene rings is 1. The summed E-state index contributed by atoms with van der Waals surface area (Å²) in [7, 11) is -3.99. The number of halogens is 4. The van der Waals surface area contributed by atoms with Crippen molar-refractivity contribution in [2.45, 2.75) is 29.1 Å². The number of sulfonamides is 1. The van der Waals surface area contributed by atoms with E-state index in [1.54, 1.807) is 24.3 Å². The molecule has 0 amide bonds. The Morgan fingerprint density at radius 2 is 2.00 bits per heavy atom. The molecule has 0 saturated heterocycles. The lowest BCUT2D eigenvalue weighted by Crippen LogP contribution is -2.28. The largest absolute Gasteiger partial charge is 0.481 e. The van der Waals surface area contributed by atoms with Crippen LogP contribution in [0.25, 0.3) is 10.6 Å². The molecule has 1 aromatic carbocycles. The highest BCUT2D eigenvalue weighted by Crippen LogP contribution is 2.35. The lowest BCUT2D eigenvalue weighted by atomic mass is 9.94. The maximum Gasteiger partial charge on any atom is 0.452 e. The van der Waals surface area contributed by atoms with Gasteiger partial charge in [0, 0.05) is 23.5 Å². The third-order valence-corrected chi connectivity index (χ3v) is 7.95. The molecule has 0 radical (unpaired) electrons. The molecule has 13 heteroatoms. The predicted molar refractivity (Wildman–Crippen MR) is 114 cm³/mol. The molecule has 0 saturated carbocycles. The molecule has 3 rings (SSSR count). The molecular formula is C19H16BrF3N2O5S2. The van der Waals surface area contributed by atoms with E-state index in [2.05, 4.69) is 30.3 Å². The summed E-state index contributed by atoms with van der Waals surface area (Å²) in [4.78, 5) is 11.2. The normalized spacial score (nSPS) is 13.2. The van der Waals surface area contributed by atoms with Crippen LogP contribution in [0.4, 0.5) is 13.2 Å². The Morgan fingerprint density at radius 1 is 1.25 bits per heavy atom. The van der Waals surface area contributed by atoms with Gasteiger partial charge >= 0.3 is 12.1 Å². The zero-order valence-corrected chi connectivity index (χ0v) is 19.3. The Balaban J connectivity index is 1.76. The van der Waals surface area contributed by atoms with E-state index in [1.165, 1.54) is 12.1 Å². The minimum absolute atomic E-state index is 0.0541. The quantitative estimate of drug-likeness (QED) is 0.381. The van der Waals surface area contributed by atoms with E-state index in [9.17, 15) is 26.4 Å². The van der Waals surface area contributed by atoms with Gasteiger partial charge in [-0.15, -0.1) is 11.3 Å². The van der Waals surface area contributed by atoms with Crippen molar-refractivity contribution in [3.8, 4) is 10.6 Å². The summed E-state index contributed by atoms with van der Waals surface area (Å²) < 4.78 is 70.9. The minimum Gasteiger partial charge on any atom is -0.481 e.